The zero-order valence-electron chi connectivity index (χ0n) is 17.7. The second kappa shape index (κ2) is 9.56. The number of nitrogens with one attached hydrogen (secondary N) is 2. The lowest BCUT2D eigenvalue weighted by Crippen LogP contribution is -2.16. The van der Waals surface area contributed by atoms with Crippen molar-refractivity contribution in [2.45, 2.75) is 13.1 Å². The number of anilines is 4. The Kier molecular flexibility index (Phi) is 6.65. The van der Waals surface area contributed by atoms with Crippen LogP contribution in [0.25, 0.3) is 0 Å². The van der Waals surface area contributed by atoms with Gasteiger partial charge < -0.3 is 20.4 Å². The zero-order chi connectivity index (χ0) is 21.5. The quantitative estimate of drug-likeness (QED) is 0.594. The summed E-state index contributed by atoms with van der Waals surface area (Å²) in [4.78, 5) is 17.4. The van der Waals surface area contributed by atoms with Gasteiger partial charge in [-0.2, -0.15) is 5.26 Å². The van der Waals surface area contributed by atoms with Gasteiger partial charge in [0.05, 0.1) is 5.56 Å². The highest BCUT2D eigenvalue weighted by Gasteiger charge is 2.10. The molecular weight excluding hydrogens is 376 g/mol. The highest BCUT2D eigenvalue weighted by atomic mass is 15.1. The van der Waals surface area contributed by atoms with E-state index in [0.29, 0.717) is 30.3 Å². The van der Waals surface area contributed by atoms with Crippen molar-refractivity contribution in [2.75, 3.05) is 48.6 Å². The van der Waals surface area contributed by atoms with Gasteiger partial charge in [0, 0.05) is 64.8 Å². The molecule has 0 radical (unpaired) electrons. The van der Waals surface area contributed by atoms with E-state index in [1.54, 1.807) is 18.5 Å². The fourth-order valence-electron chi connectivity index (χ4n) is 3.09. The smallest absolute Gasteiger partial charge is 0.146 e. The van der Waals surface area contributed by atoms with Crippen LogP contribution in [0.1, 0.15) is 16.7 Å². The molecule has 154 valence electrons. The number of hydrogen-bond acceptors (Lipinski definition) is 8. The standard InChI is InChI=1S/C22H26N8/c1-29(2)21-17(7-5-11-24-21)14-26-19-10-9-16(13-23)20(28-19)27-15-18-8-6-12-25-22(18)30(3)4/h5-12H,14-15H2,1-4H3,(H2,26,27,28). The van der Waals surface area contributed by atoms with E-state index in [0.717, 1.165) is 22.8 Å². The van der Waals surface area contributed by atoms with Crippen molar-refractivity contribution in [1.29, 1.82) is 5.26 Å². The largest absolute Gasteiger partial charge is 0.366 e. The molecule has 0 unspecified atom stereocenters. The van der Waals surface area contributed by atoms with Gasteiger partial charge in [-0.15, -0.1) is 0 Å². The third kappa shape index (κ3) is 4.94. The van der Waals surface area contributed by atoms with Gasteiger partial charge in [0.2, 0.25) is 0 Å². The van der Waals surface area contributed by atoms with E-state index in [1.165, 1.54) is 0 Å². The number of hydrogen-bond donors (Lipinski definition) is 2. The predicted molar refractivity (Wildman–Crippen MR) is 121 cm³/mol. The molecule has 30 heavy (non-hydrogen) atoms. The normalized spacial score (nSPS) is 10.2. The average Bonchev–Trinajstić information content (AvgIpc) is 2.76. The molecule has 8 nitrogen and oxygen atoms in total. The van der Waals surface area contributed by atoms with E-state index in [2.05, 4.69) is 31.7 Å². The Balaban J connectivity index is 1.76. The van der Waals surface area contributed by atoms with Crippen LogP contribution in [0, 0.1) is 11.3 Å². The lowest BCUT2D eigenvalue weighted by molar-refractivity contribution is 0.997. The molecule has 8 heteroatoms. The molecule has 2 N–H and O–H groups in total. The summed E-state index contributed by atoms with van der Waals surface area (Å²) in [5, 5.41) is 16.1. The van der Waals surface area contributed by atoms with Crippen LogP contribution in [0.5, 0.6) is 0 Å². The first-order valence-corrected chi connectivity index (χ1v) is 9.61. The van der Waals surface area contributed by atoms with Crippen LogP contribution in [0.2, 0.25) is 0 Å². The van der Waals surface area contributed by atoms with E-state index in [-0.39, 0.29) is 0 Å². The maximum Gasteiger partial charge on any atom is 0.146 e. The van der Waals surface area contributed by atoms with Gasteiger partial charge in [-0.05, 0) is 24.3 Å². The van der Waals surface area contributed by atoms with E-state index in [1.807, 2.05) is 68.3 Å². The summed E-state index contributed by atoms with van der Waals surface area (Å²) in [5.41, 5.74) is 2.58. The van der Waals surface area contributed by atoms with E-state index in [9.17, 15) is 5.26 Å². The van der Waals surface area contributed by atoms with Crippen LogP contribution in [0.3, 0.4) is 0 Å². The second-order valence-corrected chi connectivity index (χ2v) is 7.17. The Morgan fingerprint density at radius 2 is 1.40 bits per heavy atom. The first-order chi connectivity index (χ1) is 14.5. The van der Waals surface area contributed by atoms with E-state index < -0.39 is 0 Å². The molecule has 0 aromatic carbocycles. The number of nitrogens with zero attached hydrogens (tertiary/aromatic N) is 6. The fourth-order valence-corrected chi connectivity index (χ4v) is 3.09. The molecule has 0 aliphatic carbocycles. The Hall–Kier alpha value is -3.86. The fraction of sp³-hybridized carbons (Fsp3) is 0.273. The molecule has 0 saturated heterocycles. The predicted octanol–water partition coefficient (Wildman–Crippen LogP) is 3.10. The highest BCUT2D eigenvalue weighted by Crippen LogP contribution is 2.21. The molecule has 0 aliphatic heterocycles. The van der Waals surface area contributed by atoms with Gasteiger partial charge in [0.25, 0.3) is 0 Å². The van der Waals surface area contributed by atoms with E-state index in [4.69, 9.17) is 0 Å². The molecule has 0 saturated carbocycles. The minimum atomic E-state index is 0.492. The molecule has 0 amide bonds. The first kappa shape index (κ1) is 20.9. The second-order valence-electron chi connectivity index (χ2n) is 7.17. The summed E-state index contributed by atoms with van der Waals surface area (Å²) in [6.07, 6.45) is 3.55. The van der Waals surface area contributed by atoms with Gasteiger partial charge in [-0.25, -0.2) is 15.0 Å². The molecular formula is C22H26N8. The minimum Gasteiger partial charge on any atom is -0.366 e. The molecule has 0 fully saturated rings. The molecule has 0 spiro atoms. The first-order valence-electron chi connectivity index (χ1n) is 9.61. The molecule has 3 rings (SSSR count). The maximum absolute atomic E-state index is 9.47. The highest BCUT2D eigenvalue weighted by molar-refractivity contribution is 5.58. The van der Waals surface area contributed by atoms with Crippen LogP contribution in [0.15, 0.2) is 48.8 Å². The van der Waals surface area contributed by atoms with Crippen molar-refractivity contribution in [3.63, 3.8) is 0 Å². The maximum atomic E-state index is 9.47. The summed E-state index contributed by atoms with van der Waals surface area (Å²) < 4.78 is 0. The molecule has 3 aromatic rings. The average molecular weight is 403 g/mol. The van der Waals surface area contributed by atoms with Gasteiger partial charge in [0.1, 0.15) is 29.3 Å². The molecule has 3 aromatic heterocycles. The summed E-state index contributed by atoms with van der Waals surface area (Å²) in [6, 6.07) is 13.6. The Morgan fingerprint density at radius 1 is 0.833 bits per heavy atom. The Morgan fingerprint density at radius 3 is 1.93 bits per heavy atom. The monoisotopic (exact) mass is 402 g/mol. The van der Waals surface area contributed by atoms with Crippen LogP contribution in [-0.4, -0.2) is 43.1 Å². The summed E-state index contributed by atoms with van der Waals surface area (Å²) in [6.45, 7) is 1.09. The zero-order valence-corrected chi connectivity index (χ0v) is 17.7. The number of rotatable bonds is 8. The Bertz CT molecular complexity index is 1040. The van der Waals surface area contributed by atoms with Crippen LogP contribution in [-0.2, 0) is 13.1 Å². The van der Waals surface area contributed by atoms with Crippen LogP contribution >= 0.6 is 0 Å². The Labute approximate surface area is 177 Å². The number of pyridine rings is 3. The van der Waals surface area contributed by atoms with Gasteiger partial charge in [-0.1, -0.05) is 12.1 Å². The third-order valence-corrected chi connectivity index (χ3v) is 4.50. The lowest BCUT2D eigenvalue weighted by Gasteiger charge is -2.17. The number of nitriles is 1. The molecule has 0 bridgehead atoms. The van der Waals surface area contributed by atoms with Crippen molar-refractivity contribution in [3.8, 4) is 6.07 Å². The van der Waals surface area contributed by atoms with E-state index >= 15 is 0 Å². The van der Waals surface area contributed by atoms with Crippen molar-refractivity contribution in [3.05, 3.63) is 65.5 Å². The third-order valence-electron chi connectivity index (χ3n) is 4.50. The molecule has 3 heterocycles. The van der Waals surface area contributed by atoms with Crippen molar-refractivity contribution < 1.29 is 0 Å². The van der Waals surface area contributed by atoms with Gasteiger partial charge in [-0.3, -0.25) is 0 Å². The van der Waals surface area contributed by atoms with Crippen LogP contribution < -0.4 is 20.4 Å². The summed E-state index contributed by atoms with van der Waals surface area (Å²) >= 11 is 0. The molecule has 0 atom stereocenters. The van der Waals surface area contributed by atoms with Crippen molar-refractivity contribution in [1.82, 2.24) is 15.0 Å². The van der Waals surface area contributed by atoms with Crippen LogP contribution in [0.4, 0.5) is 23.3 Å². The van der Waals surface area contributed by atoms with Crippen molar-refractivity contribution in [2.24, 2.45) is 0 Å². The molecule has 0 aliphatic rings. The topological polar surface area (TPSA) is 93.0 Å². The van der Waals surface area contributed by atoms with Crippen molar-refractivity contribution >= 4 is 23.3 Å². The summed E-state index contributed by atoms with van der Waals surface area (Å²) in [7, 11) is 7.84. The van der Waals surface area contributed by atoms with Gasteiger partial charge in [0.15, 0.2) is 0 Å². The minimum absolute atomic E-state index is 0.492. The number of aromatic nitrogens is 3. The summed E-state index contributed by atoms with van der Waals surface area (Å²) in [5.74, 6) is 3.01. The lowest BCUT2D eigenvalue weighted by atomic mass is 10.2. The van der Waals surface area contributed by atoms with Gasteiger partial charge >= 0.3 is 0 Å². The SMILES string of the molecule is CN(C)c1ncccc1CNc1ccc(C#N)c(NCc2cccnc2N(C)C)n1.